The van der Waals surface area contributed by atoms with Gasteiger partial charge in [-0.2, -0.15) is 0 Å². The third kappa shape index (κ3) is 3.59. The molecule has 4 nitrogen and oxygen atoms in total. The molecule has 0 spiro atoms. The molecular formula is C16H21NO3S. The van der Waals surface area contributed by atoms with E-state index in [2.05, 4.69) is 18.2 Å². The maximum atomic E-state index is 12.2. The minimum Gasteiger partial charge on any atom is -0.481 e. The summed E-state index contributed by atoms with van der Waals surface area (Å²) in [4.78, 5) is 26.2. The minimum absolute atomic E-state index is 0.0193. The second kappa shape index (κ2) is 6.10. The zero-order valence-electron chi connectivity index (χ0n) is 12.7. The Bertz CT molecular complexity index is 573. The number of benzene rings is 1. The quantitative estimate of drug-likeness (QED) is 0.869. The highest BCUT2D eigenvalue weighted by Crippen LogP contribution is 2.31. The highest BCUT2D eigenvalue weighted by atomic mass is 32.2. The predicted molar refractivity (Wildman–Crippen MR) is 83.6 cm³/mol. The van der Waals surface area contributed by atoms with Crippen LogP contribution in [0.4, 0.5) is 0 Å². The minimum atomic E-state index is -0.819. The van der Waals surface area contributed by atoms with Gasteiger partial charge >= 0.3 is 5.97 Å². The Morgan fingerprint density at radius 2 is 2.10 bits per heavy atom. The first kappa shape index (κ1) is 15.9. The van der Waals surface area contributed by atoms with Crippen molar-refractivity contribution in [3.63, 3.8) is 0 Å². The smallest absolute Gasteiger partial charge is 0.311 e. The van der Waals surface area contributed by atoms with Crippen LogP contribution in [0.25, 0.3) is 0 Å². The molecule has 0 aliphatic carbocycles. The molecule has 1 heterocycles. The van der Waals surface area contributed by atoms with Crippen molar-refractivity contribution < 1.29 is 14.7 Å². The second-order valence-corrected chi connectivity index (χ2v) is 7.01. The highest BCUT2D eigenvalue weighted by Gasteiger charge is 2.41. The van der Waals surface area contributed by atoms with E-state index in [9.17, 15) is 14.7 Å². The molecule has 1 aromatic carbocycles. The molecule has 1 amide bonds. The molecular weight excluding hydrogens is 286 g/mol. The number of carboxylic acids is 1. The van der Waals surface area contributed by atoms with Crippen molar-refractivity contribution in [1.82, 2.24) is 4.90 Å². The molecule has 1 atom stereocenters. The summed E-state index contributed by atoms with van der Waals surface area (Å²) in [5, 5.41) is 9.20. The molecule has 5 heteroatoms. The van der Waals surface area contributed by atoms with Crippen LogP contribution < -0.4 is 0 Å². The third-order valence-electron chi connectivity index (χ3n) is 4.04. The fourth-order valence-electron chi connectivity index (χ4n) is 2.44. The Hall–Kier alpha value is -1.49. The first-order chi connectivity index (χ1) is 9.82. The lowest BCUT2D eigenvalue weighted by Gasteiger charge is -2.20. The van der Waals surface area contributed by atoms with Crippen LogP contribution in [0.3, 0.4) is 0 Å². The number of hydrogen-bond donors (Lipinski definition) is 1. The van der Waals surface area contributed by atoms with Crippen molar-refractivity contribution in [3.8, 4) is 0 Å². The van der Waals surface area contributed by atoms with E-state index in [1.54, 1.807) is 11.8 Å². The van der Waals surface area contributed by atoms with Crippen molar-refractivity contribution in [2.75, 3.05) is 18.8 Å². The summed E-state index contributed by atoms with van der Waals surface area (Å²) in [7, 11) is 0. The third-order valence-corrected chi connectivity index (χ3v) is 5.18. The standard InChI is InChI=1S/C16H21NO3S/c1-11-4-5-12(2)13(8-11)21-9-14(18)17-7-6-16(3,10-17)15(19)20/h4-5,8H,6-7,9-10H2,1-3H3,(H,19,20). The zero-order chi connectivity index (χ0) is 15.6. The van der Waals surface area contributed by atoms with Gasteiger partial charge in [-0.05, 0) is 38.8 Å². The summed E-state index contributed by atoms with van der Waals surface area (Å²) in [6, 6.07) is 6.19. The van der Waals surface area contributed by atoms with E-state index >= 15 is 0 Å². The number of carboxylic acid groups (broad SMARTS) is 1. The summed E-state index contributed by atoms with van der Waals surface area (Å²) in [5.41, 5.74) is 1.55. The van der Waals surface area contributed by atoms with Crippen LogP contribution in [0.2, 0.25) is 0 Å². The fourth-order valence-corrected chi connectivity index (χ4v) is 3.47. The molecule has 0 saturated carbocycles. The number of rotatable bonds is 4. The zero-order valence-corrected chi connectivity index (χ0v) is 13.5. The van der Waals surface area contributed by atoms with Gasteiger partial charge in [0, 0.05) is 18.0 Å². The van der Waals surface area contributed by atoms with Gasteiger partial charge in [-0.15, -0.1) is 11.8 Å². The Morgan fingerprint density at radius 1 is 1.38 bits per heavy atom. The van der Waals surface area contributed by atoms with Gasteiger partial charge in [0.25, 0.3) is 0 Å². The molecule has 0 bridgehead atoms. The molecule has 1 N–H and O–H groups in total. The maximum absolute atomic E-state index is 12.2. The normalized spacial score (nSPS) is 21.6. The van der Waals surface area contributed by atoms with Crippen LogP contribution in [0, 0.1) is 19.3 Å². The van der Waals surface area contributed by atoms with Crippen LogP contribution in [-0.2, 0) is 9.59 Å². The Kier molecular flexibility index (Phi) is 4.61. The molecule has 114 valence electrons. The Labute approximate surface area is 129 Å². The second-order valence-electron chi connectivity index (χ2n) is 5.99. The number of carbonyl (C=O) groups excluding carboxylic acids is 1. The van der Waals surface area contributed by atoms with Crippen LogP contribution in [0.1, 0.15) is 24.5 Å². The summed E-state index contributed by atoms with van der Waals surface area (Å²) in [5.74, 6) is -0.439. The van der Waals surface area contributed by atoms with E-state index in [-0.39, 0.29) is 5.91 Å². The first-order valence-corrected chi connectivity index (χ1v) is 8.02. The number of thioether (sulfide) groups is 1. The van der Waals surface area contributed by atoms with E-state index in [1.807, 2.05) is 13.8 Å². The van der Waals surface area contributed by atoms with Crippen LogP contribution >= 0.6 is 11.8 Å². The number of aliphatic carboxylic acids is 1. The lowest BCUT2D eigenvalue weighted by molar-refractivity contribution is -0.147. The largest absolute Gasteiger partial charge is 0.481 e. The van der Waals surface area contributed by atoms with Crippen molar-refractivity contribution in [1.29, 1.82) is 0 Å². The predicted octanol–water partition coefficient (Wildman–Crippen LogP) is 2.72. The highest BCUT2D eigenvalue weighted by molar-refractivity contribution is 8.00. The van der Waals surface area contributed by atoms with Gasteiger partial charge in [-0.1, -0.05) is 17.7 Å². The number of hydrogen-bond acceptors (Lipinski definition) is 3. The van der Waals surface area contributed by atoms with Gasteiger partial charge in [0.1, 0.15) is 0 Å². The van der Waals surface area contributed by atoms with Crippen molar-refractivity contribution in [2.45, 2.75) is 32.1 Å². The van der Waals surface area contributed by atoms with Crippen LogP contribution in [0.15, 0.2) is 23.1 Å². The van der Waals surface area contributed by atoms with Crippen molar-refractivity contribution in [3.05, 3.63) is 29.3 Å². The SMILES string of the molecule is Cc1ccc(C)c(SCC(=O)N2CCC(C)(C(=O)O)C2)c1. The molecule has 1 aromatic rings. The Morgan fingerprint density at radius 3 is 2.71 bits per heavy atom. The summed E-state index contributed by atoms with van der Waals surface area (Å²) < 4.78 is 0. The summed E-state index contributed by atoms with van der Waals surface area (Å²) >= 11 is 1.53. The monoisotopic (exact) mass is 307 g/mol. The van der Waals surface area contributed by atoms with Crippen molar-refractivity contribution >= 4 is 23.6 Å². The van der Waals surface area contributed by atoms with Gasteiger partial charge in [-0.3, -0.25) is 9.59 Å². The molecule has 2 rings (SSSR count). The number of nitrogens with zero attached hydrogens (tertiary/aromatic N) is 1. The average Bonchev–Trinajstić information content (AvgIpc) is 2.84. The van der Waals surface area contributed by atoms with Crippen molar-refractivity contribution in [2.24, 2.45) is 5.41 Å². The van der Waals surface area contributed by atoms with Gasteiger partial charge in [0.2, 0.25) is 5.91 Å². The lowest BCUT2D eigenvalue weighted by Crippen LogP contribution is -2.35. The summed E-state index contributed by atoms with van der Waals surface area (Å²) in [6.07, 6.45) is 0.530. The molecule has 0 radical (unpaired) electrons. The van der Waals surface area contributed by atoms with Gasteiger partial charge in [0.15, 0.2) is 0 Å². The van der Waals surface area contributed by atoms with E-state index in [0.29, 0.717) is 25.3 Å². The van der Waals surface area contributed by atoms with E-state index in [1.165, 1.54) is 17.3 Å². The van der Waals surface area contributed by atoms with Gasteiger partial charge in [0.05, 0.1) is 11.2 Å². The van der Waals surface area contributed by atoms with E-state index in [4.69, 9.17) is 0 Å². The topological polar surface area (TPSA) is 57.6 Å². The van der Waals surface area contributed by atoms with E-state index in [0.717, 1.165) is 10.5 Å². The number of likely N-dealkylation sites (tertiary alicyclic amines) is 1. The summed E-state index contributed by atoms with van der Waals surface area (Å²) in [6.45, 7) is 6.62. The molecule has 1 saturated heterocycles. The van der Waals surface area contributed by atoms with Gasteiger partial charge in [-0.25, -0.2) is 0 Å². The molecule has 1 aliphatic heterocycles. The Balaban J connectivity index is 1.94. The number of amides is 1. The molecule has 0 aromatic heterocycles. The van der Waals surface area contributed by atoms with Crippen LogP contribution in [-0.4, -0.2) is 40.7 Å². The van der Waals surface area contributed by atoms with E-state index < -0.39 is 11.4 Å². The maximum Gasteiger partial charge on any atom is 0.311 e. The fraction of sp³-hybridized carbons (Fsp3) is 0.500. The lowest BCUT2D eigenvalue weighted by atomic mass is 9.90. The molecule has 1 fully saturated rings. The number of carbonyl (C=O) groups is 2. The number of aryl methyl sites for hydroxylation is 2. The average molecular weight is 307 g/mol. The molecule has 1 unspecified atom stereocenters. The molecule has 21 heavy (non-hydrogen) atoms. The molecule has 1 aliphatic rings. The first-order valence-electron chi connectivity index (χ1n) is 7.03. The van der Waals surface area contributed by atoms with Gasteiger partial charge < -0.3 is 10.0 Å². The van der Waals surface area contributed by atoms with Crippen LogP contribution in [0.5, 0.6) is 0 Å².